The van der Waals surface area contributed by atoms with Crippen molar-refractivity contribution in [1.29, 1.82) is 0 Å². The summed E-state index contributed by atoms with van der Waals surface area (Å²) in [7, 11) is 2.18. The molecule has 1 aliphatic heterocycles. The van der Waals surface area contributed by atoms with Gasteiger partial charge in [0.1, 0.15) is 5.82 Å². The van der Waals surface area contributed by atoms with E-state index < -0.39 is 0 Å². The first kappa shape index (κ1) is 14.9. The quantitative estimate of drug-likeness (QED) is 0.810. The molecule has 0 N–H and O–H groups in total. The van der Waals surface area contributed by atoms with E-state index in [4.69, 9.17) is 23.2 Å². The summed E-state index contributed by atoms with van der Waals surface area (Å²) in [6.45, 7) is 3.38. The molecule has 1 aromatic heterocycles. The molecule has 5 heteroatoms. The van der Waals surface area contributed by atoms with E-state index in [1.165, 1.54) is 0 Å². The van der Waals surface area contributed by atoms with Gasteiger partial charge in [-0.3, -0.25) is 0 Å². The molecule has 1 saturated heterocycles. The predicted molar refractivity (Wildman–Crippen MR) is 88.0 cm³/mol. The van der Waals surface area contributed by atoms with Gasteiger partial charge < -0.3 is 9.47 Å². The highest BCUT2D eigenvalue weighted by Crippen LogP contribution is 2.35. The Morgan fingerprint density at radius 1 is 1.29 bits per heavy atom. The van der Waals surface area contributed by atoms with Crippen LogP contribution in [0.2, 0.25) is 10.0 Å². The Bertz CT molecular complexity index is 638. The molecule has 3 rings (SSSR count). The van der Waals surface area contributed by atoms with E-state index in [9.17, 15) is 0 Å². The maximum Gasteiger partial charge on any atom is 0.141 e. The third-order valence-corrected chi connectivity index (χ3v) is 5.25. The minimum Gasteiger partial charge on any atom is -0.328 e. The fraction of sp³-hybridized carbons (Fsp3) is 0.438. The molecule has 0 amide bonds. The van der Waals surface area contributed by atoms with Gasteiger partial charge in [-0.25, -0.2) is 4.98 Å². The summed E-state index contributed by atoms with van der Waals surface area (Å²) < 4.78 is 2.25. The first-order chi connectivity index (χ1) is 10.1. The van der Waals surface area contributed by atoms with Crippen molar-refractivity contribution in [3.05, 3.63) is 40.6 Å². The van der Waals surface area contributed by atoms with E-state index in [1.807, 2.05) is 18.3 Å². The lowest BCUT2D eigenvalue weighted by molar-refractivity contribution is 0.157. The van der Waals surface area contributed by atoms with Crippen LogP contribution in [0.4, 0.5) is 0 Å². The van der Waals surface area contributed by atoms with Crippen LogP contribution in [0.5, 0.6) is 0 Å². The molecular formula is C16H19Cl2N3. The Morgan fingerprint density at radius 3 is 2.86 bits per heavy atom. The van der Waals surface area contributed by atoms with Crippen LogP contribution >= 0.6 is 23.2 Å². The summed E-state index contributed by atoms with van der Waals surface area (Å²) in [5, 5.41) is 1.15. The summed E-state index contributed by atoms with van der Waals surface area (Å²) in [4.78, 5) is 6.92. The van der Waals surface area contributed by atoms with Gasteiger partial charge in [-0.15, -0.1) is 0 Å². The lowest BCUT2D eigenvalue weighted by Gasteiger charge is -2.36. The maximum atomic E-state index is 6.35. The molecule has 21 heavy (non-hydrogen) atoms. The number of hydrogen-bond donors (Lipinski definition) is 0. The van der Waals surface area contributed by atoms with Crippen molar-refractivity contribution in [1.82, 2.24) is 14.5 Å². The van der Waals surface area contributed by atoms with E-state index in [1.54, 1.807) is 6.07 Å². The lowest BCUT2D eigenvalue weighted by Crippen LogP contribution is -2.38. The van der Waals surface area contributed by atoms with E-state index in [0.717, 1.165) is 30.8 Å². The van der Waals surface area contributed by atoms with Gasteiger partial charge in [0, 0.05) is 36.6 Å². The molecule has 2 heterocycles. The number of hydrogen-bond acceptors (Lipinski definition) is 2. The molecule has 1 aromatic carbocycles. The SMILES string of the molecule is C[C@@H]1C[C@H](n2ccnc2-c2cccc(Cl)c2Cl)CCN1C. The van der Waals surface area contributed by atoms with Crippen LogP contribution in [0.1, 0.15) is 25.8 Å². The Morgan fingerprint density at radius 2 is 2.10 bits per heavy atom. The Hall–Kier alpha value is -1.03. The van der Waals surface area contributed by atoms with Crippen LogP contribution in [0.15, 0.2) is 30.6 Å². The summed E-state index contributed by atoms with van der Waals surface area (Å²) in [5.74, 6) is 0.907. The van der Waals surface area contributed by atoms with E-state index in [0.29, 0.717) is 22.1 Å². The largest absolute Gasteiger partial charge is 0.328 e. The van der Waals surface area contributed by atoms with Crippen molar-refractivity contribution < 1.29 is 0 Å². The van der Waals surface area contributed by atoms with E-state index >= 15 is 0 Å². The molecule has 0 bridgehead atoms. The summed E-state index contributed by atoms with van der Waals surface area (Å²) >= 11 is 12.5. The van der Waals surface area contributed by atoms with Crippen LogP contribution in [0, 0.1) is 0 Å². The number of imidazole rings is 1. The Labute approximate surface area is 135 Å². The highest BCUT2D eigenvalue weighted by molar-refractivity contribution is 6.43. The molecule has 0 aliphatic carbocycles. The van der Waals surface area contributed by atoms with Crippen molar-refractivity contribution in [2.24, 2.45) is 0 Å². The summed E-state index contributed by atoms with van der Waals surface area (Å²) in [6, 6.07) is 6.74. The molecule has 0 unspecified atom stereocenters. The van der Waals surface area contributed by atoms with Crippen LogP contribution in [-0.2, 0) is 0 Å². The zero-order valence-corrected chi connectivity index (χ0v) is 13.8. The number of benzene rings is 1. The van der Waals surface area contributed by atoms with Crippen LogP contribution < -0.4 is 0 Å². The Balaban J connectivity index is 1.96. The average molecular weight is 324 g/mol. The van der Waals surface area contributed by atoms with Gasteiger partial charge in [-0.1, -0.05) is 29.3 Å². The predicted octanol–water partition coefficient (Wildman–Crippen LogP) is 4.51. The lowest BCUT2D eigenvalue weighted by atomic mass is 9.98. The van der Waals surface area contributed by atoms with Crippen LogP contribution in [-0.4, -0.2) is 34.1 Å². The van der Waals surface area contributed by atoms with Crippen molar-refractivity contribution in [2.45, 2.75) is 31.8 Å². The van der Waals surface area contributed by atoms with Gasteiger partial charge in [-0.05, 0) is 38.9 Å². The standard InChI is InChI=1S/C16H19Cl2N3/c1-11-10-12(6-8-20(11)2)21-9-7-19-16(21)13-4-3-5-14(17)15(13)18/h3-5,7,9,11-12H,6,8,10H2,1-2H3/t11-,12-/m1/s1. The second-order valence-electron chi connectivity index (χ2n) is 5.77. The van der Waals surface area contributed by atoms with Crippen molar-refractivity contribution >= 4 is 23.2 Å². The highest BCUT2D eigenvalue weighted by Gasteiger charge is 2.26. The van der Waals surface area contributed by atoms with Gasteiger partial charge in [0.2, 0.25) is 0 Å². The molecular weight excluding hydrogens is 305 g/mol. The summed E-state index contributed by atoms with van der Waals surface area (Å²) in [6.07, 6.45) is 6.14. The highest BCUT2D eigenvalue weighted by atomic mass is 35.5. The Kier molecular flexibility index (Phi) is 4.25. The first-order valence-electron chi connectivity index (χ1n) is 7.25. The van der Waals surface area contributed by atoms with Crippen molar-refractivity contribution in [2.75, 3.05) is 13.6 Å². The van der Waals surface area contributed by atoms with Crippen LogP contribution in [0.25, 0.3) is 11.4 Å². The topological polar surface area (TPSA) is 21.1 Å². The summed E-state index contributed by atoms with van der Waals surface area (Å²) in [5.41, 5.74) is 0.903. The average Bonchev–Trinajstić information content (AvgIpc) is 2.94. The number of piperidine rings is 1. The molecule has 2 atom stereocenters. The number of rotatable bonds is 2. The normalized spacial score (nSPS) is 23.4. The van der Waals surface area contributed by atoms with E-state index in [-0.39, 0.29) is 0 Å². The third kappa shape index (κ3) is 2.83. The van der Waals surface area contributed by atoms with Gasteiger partial charge >= 0.3 is 0 Å². The van der Waals surface area contributed by atoms with E-state index in [2.05, 4.69) is 34.6 Å². The maximum absolute atomic E-state index is 6.35. The monoisotopic (exact) mass is 323 g/mol. The van der Waals surface area contributed by atoms with Gasteiger partial charge in [-0.2, -0.15) is 0 Å². The molecule has 1 aliphatic rings. The zero-order valence-electron chi connectivity index (χ0n) is 12.3. The van der Waals surface area contributed by atoms with Crippen LogP contribution in [0.3, 0.4) is 0 Å². The smallest absolute Gasteiger partial charge is 0.141 e. The second-order valence-corrected chi connectivity index (χ2v) is 6.55. The van der Waals surface area contributed by atoms with Gasteiger partial charge in [0.05, 0.1) is 10.0 Å². The fourth-order valence-electron chi connectivity index (χ4n) is 3.01. The number of aromatic nitrogens is 2. The fourth-order valence-corrected chi connectivity index (χ4v) is 3.40. The third-order valence-electron chi connectivity index (χ3n) is 4.44. The van der Waals surface area contributed by atoms with Crippen molar-refractivity contribution in [3.63, 3.8) is 0 Å². The minimum absolute atomic E-state index is 0.462. The molecule has 0 spiro atoms. The van der Waals surface area contributed by atoms with Gasteiger partial charge in [0.15, 0.2) is 0 Å². The minimum atomic E-state index is 0.462. The molecule has 0 radical (unpaired) electrons. The second kappa shape index (κ2) is 5.99. The first-order valence-corrected chi connectivity index (χ1v) is 8.01. The number of halogens is 2. The molecule has 3 nitrogen and oxygen atoms in total. The molecule has 2 aromatic rings. The molecule has 112 valence electrons. The molecule has 0 saturated carbocycles. The number of likely N-dealkylation sites (tertiary alicyclic amines) is 1. The molecule has 1 fully saturated rings. The zero-order chi connectivity index (χ0) is 15.0. The van der Waals surface area contributed by atoms with Gasteiger partial charge in [0.25, 0.3) is 0 Å². The van der Waals surface area contributed by atoms with Crippen molar-refractivity contribution in [3.8, 4) is 11.4 Å². The number of nitrogens with zero attached hydrogens (tertiary/aromatic N) is 3.